The molecule has 0 unspecified atom stereocenters. The quantitative estimate of drug-likeness (QED) is 0.473. The maximum atomic E-state index is 12.2. The summed E-state index contributed by atoms with van der Waals surface area (Å²) in [6.07, 6.45) is 3.30. The van der Waals surface area contributed by atoms with Gasteiger partial charge in [-0.15, -0.1) is 16.4 Å². The molecule has 4 rings (SSSR count). The van der Waals surface area contributed by atoms with Gasteiger partial charge in [-0.2, -0.15) is 5.10 Å². The van der Waals surface area contributed by atoms with Crippen molar-refractivity contribution in [2.24, 2.45) is 7.05 Å². The molecule has 0 bridgehead atoms. The van der Waals surface area contributed by atoms with Gasteiger partial charge in [0.25, 0.3) is 0 Å². The van der Waals surface area contributed by atoms with E-state index in [0.29, 0.717) is 23.0 Å². The van der Waals surface area contributed by atoms with E-state index in [0.717, 1.165) is 25.9 Å². The highest BCUT2D eigenvalue weighted by molar-refractivity contribution is 9.10. The van der Waals surface area contributed by atoms with Crippen LogP contribution < -0.4 is 0 Å². The summed E-state index contributed by atoms with van der Waals surface area (Å²) >= 11 is 4.77. The minimum absolute atomic E-state index is 0.332. The molecule has 4 aromatic heterocycles. The Morgan fingerprint density at radius 2 is 2.24 bits per heavy atom. The zero-order valence-electron chi connectivity index (χ0n) is 13.6. The maximum absolute atomic E-state index is 12.2. The summed E-state index contributed by atoms with van der Waals surface area (Å²) < 4.78 is 9.26. The molecule has 10 heteroatoms. The van der Waals surface area contributed by atoms with Gasteiger partial charge in [0, 0.05) is 7.05 Å². The molecule has 0 aliphatic carbocycles. The average molecular weight is 421 g/mol. The Bertz CT molecular complexity index is 1110. The van der Waals surface area contributed by atoms with Crippen LogP contribution in [0.3, 0.4) is 0 Å². The third-order valence-corrected chi connectivity index (χ3v) is 5.59. The lowest BCUT2D eigenvalue weighted by molar-refractivity contribution is 0.0531. The van der Waals surface area contributed by atoms with Gasteiger partial charge in [0.2, 0.25) is 5.82 Å². The van der Waals surface area contributed by atoms with E-state index >= 15 is 0 Å². The topological polar surface area (TPSA) is 87.2 Å². The van der Waals surface area contributed by atoms with Crippen LogP contribution in [0, 0.1) is 6.92 Å². The van der Waals surface area contributed by atoms with Crippen molar-refractivity contribution in [1.82, 2.24) is 29.4 Å². The number of thiophene rings is 1. The Labute approximate surface area is 154 Å². The molecule has 25 heavy (non-hydrogen) atoms. The number of fused-ring (bicyclic) bond motifs is 3. The van der Waals surface area contributed by atoms with E-state index in [2.05, 4.69) is 36.1 Å². The molecule has 0 amide bonds. The Hall–Kier alpha value is -2.33. The van der Waals surface area contributed by atoms with Crippen molar-refractivity contribution in [3.05, 3.63) is 27.4 Å². The van der Waals surface area contributed by atoms with Crippen LogP contribution in [0.25, 0.3) is 27.4 Å². The van der Waals surface area contributed by atoms with E-state index in [1.165, 1.54) is 11.3 Å². The average Bonchev–Trinajstić information content (AvgIpc) is 3.23. The molecular weight excluding hydrogens is 408 g/mol. The van der Waals surface area contributed by atoms with Gasteiger partial charge in [0.15, 0.2) is 5.65 Å². The Balaban J connectivity index is 1.96. The van der Waals surface area contributed by atoms with E-state index in [4.69, 9.17) is 4.74 Å². The number of aromatic nitrogens is 6. The van der Waals surface area contributed by atoms with Crippen LogP contribution in [0.1, 0.15) is 22.2 Å². The number of hydrogen-bond donors (Lipinski definition) is 0. The third kappa shape index (κ3) is 2.44. The first-order chi connectivity index (χ1) is 12.0. The van der Waals surface area contributed by atoms with Crippen LogP contribution in [0.15, 0.2) is 17.0 Å². The van der Waals surface area contributed by atoms with Gasteiger partial charge in [-0.1, -0.05) is 0 Å². The Morgan fingerprint density at radius 3 is 2.92 bits per heavy atom. The van der Waals surface area contributed by atoms with Gasteiger partial charge >= 0.3 is 5.97 Å². The number of hydrogen-bond acceptors (Lipinski definition) is 7. The lowest BCUT2D eigenvalue weighted by Gasteiger charge is -1.99. The van der Waals surface area contributed by atoms with E-state index in [1.807, 2.05) is 14.0 Å². The number of ether oxygens (including phenoxy) is 1. The van der Waals surface area contributed by atoms with Crippen molar-refractivity contribution in [2.75, 3.05) is 6.61 Å². The van der Waals surface area contributed by atoms with Gasteiger partial charge in [-0.05, 0) is 35.3 Å². The first-order valence-electron chi connectivity index (χ1n) is 7.50. The number of aryl methyl sites for hydroxylation is 2. The lowest BCUT2D eigenvalue weighted by Crippen LogP contribution is -2.03. The smallest absolute Gasteiger partial charge is 0.348 e. The van der Waals surface area contributed by atoms with Crippen molar-refractivity contribution in [2.45, 2.75) is 13.8 Å². The minimum atomic E-state index is -0.338. The molecule has 0 aliphatic heterocycles. The molecule has 0 fully saturated rings. The summed E-state index contributed by atoms with van der Waals surface area (Å²) in [7, 11) is 1.83. The third-order valence-electron chi connectivity index (χ3n) is 3.83. The van der Waals surface area contributed by atoms with Crippen molar-refractivity contribution in [3.63, 3.8) is 0 Å². The van der Waals surface area contributed by atoms with E-state index in [1.54, 1.807) is 28.6 Å². The predicted molar refractivity (Wildman–Crippen MR) is 96.8 cm³/mol. The molecule has 0 radical (unpaired) electrons. The largest absolute Gasteiger partial charge is 0.462 e. The number of rotatable bonds is 3. The predicted octanol–water partition coefficient (Wildman–Crippen LogP) is 2.99. The lowest BCUT2D eigenvalue weighted by atomic mass is 10.2. The van der Waals surface area contributed by atoms with Crippen LogP contribution in [0.2, 0.25) is 0 Å². The summed E-state index contributed by atoms with van der Waals surface area (Å²) in [4.78, 5) is 22.5. The van der Waals surface area contributed by atoms with Crippen LogP contribution in [-0.2, 0) is 11.8 Å². The number of nitrogens with zero attached hydrogens (tertiary/aromatic N) is 6. The molecule has 0 atom stereocenters. The highest BCUT2D eigenvalue weighted by atomic mass is 79.9. The summed E-state index contributed by atoms with van der Waals surface area (Å²) in [6.45, 7) is 3.99. The number of carbonyl (C=O) groups excluding carboxylic acids is 1. The molecule has 8 nitrogen and oxygen atoms in total. The van der Waals surface area contributed by atoms with E-state index in [-0.39, 0.29) is 5.97 Å². The Morgan fingerprint density at radius 1 is 1.44 bits per heavy atom. The fourth-order valence-electron chi connectivity index (χ4n) is 2.69. The number of carbonyl (C=O) groups is 1. The SMILES string of the molecule is CCOC(=O)c1sc2ncn3nc(-c4c(Br)cnn4C)nc3c2c1C. The molecule has 0 aromatic carbocycles. The molecule has 4 heterocycles. The van der Waals surface area contributed by atoms with Crippen molar-refractivity contribution >= 4 is 49.1 Å². The molecule has 0 aliphatic rings. The highest BCUT2D eigenvalue weighted by Gasteiger charge is 2.22. The molecule has 0 saturated heterocycles. The summed E-state index contributed by atoms with van der Waals surface area (Å²) in [6, 6.07) is 0. The summed E-state index contributed by atoms with van der Waals surface area (Å²) in [5, 5.41) is 9.51. The van der Waals surface area contributed by atoms with Gasteiger partial charge in [-0.25, -0.2) is 19.3 Å². The number of esters is 1. The standard InChI is InChI=1S/C15H13BrN6O2S/c1-4-24-15(23)11-7(2)9-13-19-12(10-8(16)5-18-21(10)3)20-22(13)6-17-14(9)25-11/h5-6H,4H2,1-3H3. The maximum Gasteiger partial charge on any atom is 0.348 e. The second kappa shape index (κ2) is 5.88. The first kappa shape index (κ1) is 16.2. The van der Waals surface area contributed by atoms with Crippen LogP contribution in [-0.4, -0.2) is 41.9 Å². The molecule has 128 valence electrons. The van der Waals surface area contributed by atoms with Gasteiger partial charge in [0.1, 0.15) is 21.7 Å². The highest BCUT2D eigenvalue weighted by Crippen LogP contribution is 2.33. The van der Waals surface area contributed by atoms with Crippen molar-refractivity contribution in [3.8, 4) is 11.5 Å². The van der Waals surface area contributed by atoms with Gasteiger partial charge in [-0.3, -0.25) is 4.68 Å². The first-order valence-corrected chi connectivity index (χ1v) is 9.11. The monoisotopic (exact) mass is 420 g/mol. The van der Waals surface area contributed by atoms with E-state index < -0.39 is 0 Å². The second-order valence-corrected chi connectivity index (χ2v) is 7.22. The number of halogens is 1. The van der Waals surface area contributed by atoms with Crippen LogP contribution >= 0.6 is 27.3 Å². The zero-order chi connectivity index (χ0) is 17.7. The second-order valence-electron chi connectivity index (χ2n) is 5.37. The molecule has 0 spiro atoms. The molecule has 0 saturated carbocycles. The summed E-state index contributed by atoms with van der Waals surface area (Å²) in [5.74, 6) is 0.194. The summed E-state index contributed by atoms with van der Waals surface area (Å²) in [5.41, 5.74) is 2.23. The minimum Gasteiger partial charge on any atom is -0.462 e. The van der Waals surface area contributed by atoms with Gasteiger partial charge < -0.3 is 4.74 Å². The van der Waals surface area contributed by atoms with Crippen LogP contribution in [0.5, 0.6) is 0 Å². The van der Waals surface area contributed by atoms with Crippen molar-refractivity contribution < 1.29 is 9.53 Å². The fraction of sp³-hybridized carbons (Fsp3) is 0.267. The zero-order valence-corrected chi connectivity index (χ0v) is 16.1. The van der Waals surface area contributed by atoms with Crippen LogP contribution in [0.4, 0.5) is 0 Å². The van der Waals surface area contributed by atoms with Gasteiger partial charge in [0.05, 0.1) is 22.7 Å². The molecular formula is C15H13BrN6O2S. The van der Waals surface area contributed by atoms with Crippen molar-refractivity contribution in [1.29, 1.82) is 0 Å². The van der Waals surface area contributed by atoms with E-state index in [9.17, 15) is 4.79 Å². The fourth-order valence-corrected chi connectivity index (χ4v) is 4.25. The molecule has 0 N–H and O–H groups in total. The molecule has 4 aromatic rings. The Kier molecular flexibility index (Phi) is 3.80. The normalized spacial score (nSPS) is 11.5.